The fourth-order valence-electron chi connectivity index (χ4n) is 3.12. The zero-order chi connectivity index (χ0) is 13.6. The molecule has 0 spiro atoms. The third-order valence-corrected chi connectivity index (χ3v) is 4.28. The van der Waals surface area contributed by atoms with Crippen molar-refractivity contribution < 1.29 is 9.47 Å². The first-order chi connectivity index (χ1) is 9.92. The lowest BCUT2D eigenvalue weighted by Crippen LogP contribution is -2.26. The third kappa shape index (κ3) is 3.74. The largest absolute Gasteiger partial charge is 0.490 e. The standard InChI is InChI=1S/C17H25NO2/c1-4-10-17(20-15-7-2-3-8-15)14(6-1)12-18-13-16-9-5-11-19-16/h1,4,6,10,15-16,18H,2-3,5,7-9,11-13H2/t16-/m1/s1. The number of para-hydroxylation sites is 1. The molecular formula is C17H25NO2. The van der Waals surface area contributed by atoms with Crippen LogP contribution in [0.2, 0.25) is 0 Å². The van der Waals surface area contributed by atoms with E-state index in [9.17, 15) is 0 Å². The van der Waals surface area contributed by atoms with Gasteiger partial charge in [-0.05, 0) is 44.6 Å². The fraction of sp³-hybridized carbons (Fsp3) is 0.647. The van der Waals surface area contributed by atoms with Crippen LogP contribution in [0.1, 0.15) is 44.1 Å². The Kier molecular flexibility index (Phi) is 4.93. The molecule has 20 heavy (non-hydrogen) atoms. The quantitative estimate of drug-likeness (QED) is 0.864. The van der Waals surface area contributed by atoms with Crippen molar-refractivity contribution >= 4 is 0 Å². The van der Waals surface area contributed by atoms with Gasteiger partial charge in [0.15, 0.2) is 0 Å². The summed E-state index contributed by atoms with van der Waals surface area (Å²) in [5, 5.41) is 3.50. The molecule has 1 aliphatic carbocycles. The van der Waals surface area contributed by atoms with Gasteiger partial charge in [-0.1, -0.05) is 18.2 Å². The number of hydrogen-bond donors (Lipinski definition) is 1. The van der Waals surface area contributed by atoms with E-state index in [0.717, 1.165) is 25.4 Å². The predicted molar refractivity (Wildman–Crippen MR) is 80.0 cm³/mol. The second kappa shape index (κ2) is 7.09. The molecule has 1 aromatic carbocycles. The van der Waals surface area contributed by atoms with Crippen LogP contribution >= 0.6 is 0 Å². The van der Waals surface area contributed by atoms with E-state index >= 15 is 0 Å². The maximum atomic E-state index is 6.16. The summed E-state index contributed by atoms with van der Waals surface area (Å²) in [6.45, 7) is 2.73. The van der Waals surface area contributed by atoms with Gasteiger partial charge in [-0.15, -0.1) is 0 Å². The molecule has 1 aliphatic heterocycles. The van der Waals surface area contributed by atoms with Crippen LogP contribution in [-0.4, -0.2) is 25.4 Å². The van der Waals surface area contributed by atoms with Gasteiger partial charge in [-0.2, -0.15) is 0 Å². The van der Waals surface area contributed by atoms with Crippen LogP contribution < -0.4 is 10.1 Å². The first-order valence-corrected chi connectivity index (χ1v) is 7.99. The van der Waals surface area contributed by atoms with Gasteiger partial charge < -0.3 is 14.8 Å². The number of nitrogens with one attached hydrogen (secondary N) is 1. The first-order valence-electron chi connectivity index (χ1n) is 7.99. The van der Waals surface area contributed by atoms with Crippen LogP contribution in [0.3, 0.4) is 0 Å². The summed E-state index contributed by atoms with van der Waals surface area (Å²) in [5.41, 5.74) is 1.26. The average Bonchev–Trinajstić information content (AvgIpc) is 3.14. The van der Waals surface area contributed by atoms with Gasteiger partial charge in [0.2, 0.25) is 0 Å². The van der Waals surface area contributed by atoms with Crippen LogP contribution in [-0.2, 0) is 11.3 Å². The second-order valence-electron chi connectivity index (χ2n) is 5.90. The molecule has 3 nitrogen and oxygen atoms in total. The van der Waals surface area contributed by atoms with Crippen LogP contribution in [0.4, 0.5) is 0 Å². The maximum absolute atomic E-state index is 6.16. The van der Waals surface area contributed by atoms with Crippen molar-refractivity contribution in [3.63, 3.8) is 0 Å². The Hall–Kier alpha value is -1.06. The average molecular weight is 275 g/mol. The molecular weight excluding hydrogens is 250 g/mol. The summed E-state index contributed by atoms with van der Waals surface area (Å²) in [7, 11) is 0. The minimum Gasteiger partial charge on any atom is -0.490 e. The van der Waals surface area contributed by atoms with Crippen LogP contribution in [0.15, 0.2) is 24.3 Å². The number of rotatable bonds is 6. The molecule has 2 fully saturated rings. The molecule has 1 N–H and O–H groups in total. The summed E-state index contributed by atoms with van der Waals surface area (Å²) in [5.74, 6) is 1.05. The first kappa shape index (κ1) is 13.9. The van der Waals surface area contributed by atoms with Crippen molar-refractivity contribution in [1.82, 2.24) is 5.32 Å². The fourth-order valence-corrected chi connectivity index (χ4v) is 3.12. The Balaban J connectivity index is 1.51. The van der Waals surface area contributed by atoms with Crippen molar-refractivity contribution in [3.8, 4) is 5.75 Å². The Morgan fingerprint density at radius 2 is 1.95 bits per heavy atom. The summed E-state index contributed by atoms with van der Waals surface area (Å²) in [6, 6.07) is 8.41. The molecule has 1 atom stereocenters. The van der Waals surface area contributed by atoms with E-state index in [2.05, 4.69) is 29.6 Å². The van der Waals surface area contributed by atoms with E-state index in [1.54, 1.807) is 0 Å². The molecule has 1 saturated heterocycles. The van der Waals surface area contributed by atoms with Gasteiger partial charge in [-0.3, -0.25) is 0 Å². The zero-order valence-corrected chi connectivity index (χ0v) is 12.1. The highest BCUT2D eigenvalue weighted by atomic mass is 16.5. The van der Waals surface area contributed by atoms with Gasteiger partial charge in [0.25, 0.3) is 0 Å². The molecule has 2 aliphatic rings. The van der Waals surface area contributed by atoms with Crippen molar-refractivity contribution in [2.75, 3.05) is 13.2 Å². The normalized spacial score (nSPS) is 23.3. The number of ether oxygens (including phenoxy) is 2. The molecule has 3 heteroatoms. The topological polar surface area (TPSA) is 30.5 Å². The molecule has 0 amide bonds. The van der Waals surface area contributed by atoms with Crippen molar-refractivity contribution in [3.05, 3.63) is 29.8 Å². The lowest BCUT2D eigenvalue weighted by atomic mass is 10.2. The Morgan fingerprint density at radius 1 is 1.10 bits per heavy atom. The van der Waals surface area contributed by atoms with E-state index in [-0.39, 0.29) is 0 Å². The lowest BCUT2D eigenvalue weighted by molar-refractivity contribution is 0.110. The molecule has 1 aromatic rings. The van der Waals surface area contributed by atoms with Gasteiger partial charge in [0, 0.05) is 25.3 Å². The van der Waals surface area contributed by atoms with Crippen molar-refractivity contribution in [2.45, 2.75) is 57.3 Å². The second-order valence-corrected chi connectivity index (χ2v) is 5.90. The molecule has 0 unspecified atom stereocenters. The highest BCUT2D eigenvalue weighted by Crippen LogP contribution is 2.26. The predicted octanol–water partition coefficient (Wildman–Crippen LogP) is 3.28. The molecule has 3 rings (SSSR count). The molecule has 110 valence electrons. The summed E-state index contributed by atoms with van der Waals surface area (Å²) in [4.78, 5) is 0. The summed E-state index contributed by atoms with van der Waals surface area (Å²) in [6.07, 6.45) is 8.25. The highest BCUT2D eigenvalue weighted by molar-refractivity contribution is 5.33. The smallest absolute Gasteiger partial charge is 0.124 e. The Bertz CT molecular complexity index is 409. The SMILES string of the molecule is c1ccc(OC2CCCC2)c(CNC[C@H]2CCCO2)c1. The van der Waals surface area contributed by atoms with Crippen molar-refractivity contribution in [1.29, 1.82) is 0 Å². The maximum Gasteiger partial charge on any atom is 0.124 e. The minimum atomic E-state index is 0.401. The summed E-state index contributed by atoms with van der Waals surface area (Å²) >= 11 is 0. The van der Waals surface area contributed by atoms with E-state index in [0.29, 0.717) is 12.2 Å². The number of benzene rings is 1. The van der Waals surface area contributed by atoms with E-state index in [1.807, 2.05) is 0 Å². The molecule has 1 saturated carbocycles. The van der Waals surface area contributed by atoms with Crippen LogP contribution in [0, 0.1) is 0 Å². The molecule has 1 heterocycles. The lowest BCUT2D eigenvalue weighted by Gasteiger charge is -2.17. The van der Waals surface area contributed by atoms with Gasteiger partial charge in [0.1, 0.15) is 5.75 Å². The van der Waals surface area contributed by atoms with E-state index in [4.69, 9.17) is 9.47 Å². The molecule has 0 radical (unpaired) electrons. The number of hydrogen-bond acceptors (Lipinski definition) is 3. The van der Waals surface area contributed by atoms with Gasteiger partial charge in [-0.25, -0.2) is 0 Å². The monoisotopic (exact) mass is 275 g/mol. The minimum absolute atomic E-state index is 0.401. The van der Waals surface area contributed by atoms with E-state index in [1.165, 1.54) is 44.1 Å². The van der Waals surface area contributed by atoms with Crippen molar-refractivity contribution in [2.24, 2.45) is 0 Å². The van der Waals surface area contributed by atoms with Gasteiger partial charge >= 0.3 is 0 Å². The molecule has 0 bridgehead atoms. The summed E-state index contributed by atoms with van der Waals surface area (Å²) < 4.78 is 11.8. The third-order valence-electron chi connectivity index (χ3n) is 4.28. The Morgan fingerprint density at radius 3 is 2.75 bits per heavy atom. The molecule has 0 aromatic heterocycles. The van der Waals surface area contributed by atoms with E-state index < -0.39 is 0 Å². The van der Waals surface area contributed by atoms with Gasteiger partial charge in [0.05, 0.1) is 12.2 Å². The van der Waals surface area contributed by atoms with Crippen LogP contribution in [0.5, 0.6) is 5.75 Å². The Labute approximate surface area is 121 Å². The zero-order valence-electron chi connectivity index (χ0n) is 12.1. The highest BCUT2D eigenvalue weighted by Gasteiger charge is 2.18. The van der Waals surface area contributed by atoms with Crippen LogP contribution in [0.25, 0.3) is 0 Å².